The van der Waals surface area contributed by atoms with Gasteiger partial charge in [-0.05, 0) is 32.1 Å². The second-order valence-corrected chi connectivity index (χ2v) is 7.81. The van der Waals surface area contributed by atoms with Crippen LogP contribution in [0.25, 0.3) is 0 Å². The van der Waals surface area contributed by atoms with Crippen LogP contribution in [0, 0.1) is 5.92 Å². The minimum atomic E-state index is -0.678. The molecule has 0 amide bonds. The number of methoxy groups -OCH3 is 1. The molecule has 0 fully saturated rings. The van der Waals surface area contributed by atoms with Crippen molar-refractivity contribution in [2.24, 2.45) is 16.9 Å². The number of phenols is 1. The summed E-state index contributed by atoms with van der Waals surface area (Å²) in [6.07, 6.45) is 4.91. The van der Waals surface area contributed by atoms with Crippen LogP contribution in [0.1, 0.15) is 20.8 Å². The molecule has 3 N–H and O–H groups in total. The Kier molecular flexibility index (Phi) is 11.3. The number of carbonyl (C=O) groups is 1. The highest BCUT2D eigenvalue weighted by Crippen LogP contribution is 2.30. The lowest BCUT2D eigenvalue weighted by molar-refractivity contribution is -0.149. The third-order valence-electron chi connectivity index (χ3n) is 4.90. The summed E-state index contributed by atoms with van der Waals surface area (Å²) in [5.74, 6) is 6.45. The number of ether oxygens (including phenoxy) is 5. The van der Waals surface area contributed by atoms with Crippen LogP contribution in [0.15, 0.2) is 59.4 Å². The van der Waals surface area contributed by atoms with Crippen LogP contribution in [0.3, 0.4) is 0 Å². The molecule has 0 radical (unpaired) electrons. The van der Waals surface area contributed by atoms with Crippen molar-refractivity contribution >= 4 is 17.4 Å². The van der Waals surface area contributed by atoms with Gasteiger partial charge in [0.1, 0.15) is 29.6 Å². The van der Waals surface area contributed by atoms with Gasteiger partial charge in [0.2, 0.25) is 0 Å². The zero-order valence-electron chi connectivity index (χ0n) is 20.7. The fourth-order valence-electron chi connectivity index (χ4n) is 2.91. The average molecular weight is 490 g/mol. The van der Waals surface area contributed by atoms with Gasteiger partial charge in [0.25, 0.3) is 0 Å². The van der Waals surface area contributed by atoms with E-state index in [1.807, 2.05) is 26.0 Å². The number of allylic oxidation sites excluding steroid dienone is 3. The van der Waals surface area contributed by atoms with E-state index in [9.17, 15) is 9.90 Å². The Morgan fingerprint density at radius 3 is 2.69 bits per heavy atom. The number of hydrazine groups is 1. The van der Waals surface area contributed by atoms with Crippen molar-refractivity contribution < 1.29 is 33.6 Å². The molecule has 1 aliphatic carbocycles. The van der Waals surface area contributed by atoms with Crippen LogP contribution in [0.4, 0.5) is 5.69 Å². The molecule has 1 aromatic carbocycles. The molecule has 35 heavy (non-hydrogen) atoms. The number of nitrogens with two attached hydrogens (primary N) is 1. The number of esters is 1. The molecule has 0 heterocycles. The molecule has 2 atom stereocenters. The van der Waals surface area contributed by atoms with Crippen LogP contribution in [0.2, 0.25) is 0 Å². The summed E-state index contributed by atoms with van der Waals surface area (Å²) in [5, 5.41) is 16.0. The Balaban J connectivity index is 2.03. The molecule has 1 aliphatic rings. The SMILES string of the molecule is C=C(C)C(=O)OC(COCCOCC)COc1ccc(N(N)/N=C2/C=C(OC)C=CC2C)c(O)c1. The first kappa shape index (κ1) is 27.9. The first-order valence-corrected chi connectivity index (χ1v) is 11.3. The fourth-order valence-corrected chi connectivity index (χ4v) is 2.91. The maximum Gasteiger partial charge on any atom is 0.333 e. The fraction of sp³-hybridized carbons (Fsp3) is 0.440. The summed E-state index contributed by atoms with van der Waals surface area (Å²) < 4.78 is 27.1. The monoisotopic (exact) mass is 489 g/mol. The van der Waals surface area contributed by atoms with Crippen LogP contribution in [-0.2, 0) is 23.7 Å². The lowest BCUT2D eigenvalue weighted by Crippen LogP contribution is -2.30. The number of carbonyl (C=O) groups excluding carboxylic acids is 1. The number of benzene rings is 1. The lowest BCUT2D eigenvalue weighted by Gasteiger charge is -2.21. The van der Waals surface area contributed by atoms with Crippen molar-refractivity contribution in [2.45, 2.75) is 26.9 Å². The van der Waals surface area contributed by atoms with Crippen molar-refractivity contribution in [3.8, 4) is 11.5 Å². The molecule has 0 bridgehead atoms. The summed E-state index contributed by atoms with van der Waals surface area (Å²) in [4.78, 5) is 12.0. The van der Waals surface area contributed by atoms with Crippen LogP contribution in [0.5, 0.6) is 11.5 Å². The Bertz CT molecular complexity index is 958. The second-order valence-electron chi connectivity index (χ2n) is 7.81. The summed E-state index contributed by atoms with van der Waals surface area (Å²) in [6.45, 7) is 10.5. The first-order valence-electron chi connectivity index (χ1n) is 11.3. The zero-order chi connectivity index (χ0) is 25.8. The van der Waals surface area contributed by atoms with E-state index < -0.39 is 12.1 Å². The van der Waals surface area contributed by atoms with E-state index in [1.165, 1.54) is 6.07 Å². The predicted octanol–water partition coefficient (Wildman–Crippen LogP) is 3.08. The molecule has 0 saturated heterocycles. The Labute approximate surface area is 206 Å². The Hall–Kier alpha value is -3.34. The molecule has 1 aromatic rings. The average Bonchev–Trinajstić information content (AvgIpc) is 2.83. The Morgan fingerprint density at radius 1 is 1.29 bits per heavy atom. The van der Waals surface area contributed by atoms with Gasteiger partial charge in [0, 0.05) is 30.2 Å². The number of hydrogen-bond donors (Lipinski definition) is 2. The van der Waals surface area contributed by atoms with Crippen LogP contribution >= 0.6 is 0 Å². The molecule has 2 rings (SSSR count). The maximum atomic E-state index is 12.0. The number of hydrogen-bond acceptors (Lipinski definition) is 10. The molecule has 10 nitrogen and oxygen atoms in total. The van der Waals surface area contributed by atoms with Gasteiger partial charge in [-0.2, -0.15) is 10.2 Å². The van der Waals surface area contributed by atoms with Crippen molar-refractivity contribution in [3.05, 3.63) is 54.3 Å². The first-order chi connectivity index (χ1) is 16.7. The minimum absolute atomic E-state index is 0.00944. The topological polar surface area (TPSA) is 125 Å². The number of nitrogens with zero attached hydrogens (tertiary/aromatic N) is 2. The molecule has 0 aromatic heterocycles. The van der Waals surface area contributed by atoms with Crippen molar-refractivity contribution in [3.63, 3.8) is 0 Å². The van der Waals surface area contributed by atoms with Gasteiger partial charge in [-0.15, -0.1) is 0 Å². The third kappa shape index (κ3) is 9.08. The predicted molar refractivity (Wildman–Crippen MR) is 133 cm³/mol. The number of phenolic OH excluding ortho intramolecular Hbond substituents is 1. The van der Waals surface area contributed by atoms with E-state index in [1.54, 1.807) is 32.2 Å². The molecule has 0 spiro atoms. The van der Waals surface area contributed by atoms with E-state index in [0.717, 1.165) is 5.12 Å². The van der Waals surface area contributed by atoms with Gasteiger partial charge < -0.3 is 28.8 Å². The van der Waals surface area contributed by atoms with Crippen molar-refractivity contribution in [2.75, 3.05) is 45.3 Å². The smallest absolute Gasteiger partial charge is 0.333 e. The van der Waals surface area contributed by atoms with Crippen LogP contribution in [-0.4, -0.2) is 63.0 Å². The molecule has 192 valence electrons. The van der Waals surface area contributed by atoms with E-state index in [4.69, 9.17) is 29.5 Å². The largest absolute Gasteiger partial charge is 0.505 e. The van der Waals surface area contributed by atoms with Gasteiger partial charge in [-0.1, -0.05) is 19.6 Å². The van der Waals surface area contributed by atoms with Gasteiger partial charge >= 0.3 is 5.97 Å². The highest BCUT2D eigenvalue weighted by atomic mass is 16.6. The van der Waals surface area contributed by atoms with E-state index in [2.05, 4.69) is 11.7 Å². The minimum Gasteiger partial charge on any atom is -0.505 e. The summed E-state index contributed by atoms with van der Waals surface area (Å²) in [7, 11) is 1.58. The molecular weight excluding hydrogens is 454 g/mol. The quantitative estimate of drug-likeness (QED) is 0.133. The van der Waals surface area contributed by atoms with Gasteiger partial charge in [0.15, 0.2) is 6.10 Å². The van der Waals surface area contributed by atoms with E-state index >= 15 is 0 Å². The second kappa shape index (κ2) is 14.1. The molecule has 0 saturated carbocycles. The summed E-state index contributed by atoms with van der Waals surface area (Å²) in [6, 6.07) is 4.61. The van der Waals surface area contributed by atoms with Crippen LogP contribution < -0.4 is 15.7 Å². The Morgan fingerprint density at radius 2 is 2.03 bits per heavy atom. The number of aromatic hydroxyl groups is 1. The number of anilines is 1. The zero-order valence-corrected chi connectivity index (χ0v) is 20.7. The normalized spacial score (nSPS) is 17.0. The summed E-state index contributed by atoms with van der Waals surface area (Å²) in [5.41, 5.74) is 1.23. The highest BCUT2D eigenvalue weighted by Gasteiger charge is 2.18. The standard InChI is InChI=1S/C25H35N3O7/c1-6-32-11-12-33-15-21(35-25(30)17(2)3)16-34-20-9-10-23(24(29)14-20)28(26)27-22-13-19(31-5)8-7-18(22)4/h7-10,13-14,18,21,29H,2,6,11-12,15-16,26H2,1,3-5H3/b27-22-. The molecule has 2 unspecified atom stereocenters. The van der Waals surface area contributed by atoms with E-state index in [0.29, 0.717) is 37.0 Å². The maximum absolute atomic E-state index is 12.0. The van der Waals surface area contributed by atoms with E-state index in [-0.39, 0.29) is 36.1 Å². The molecule has 0 aliphatic heterocycles. The third-order valence-corrected chi connectivity index (χ3v) is 4.90. The van der Waals surface area contributed by atoms with Gasteiger partial charge in [0.05, 0.1) is 32.6 Å². The highest BCUT2D eigenvalue weighted by molar-refractivity contribution is 6.00. The van der Waals surface area contributed by atoms with Gasteiger partial charge in [-0.3, -0.25) is 0 Å². The molecule has 10 heteroatoms. The summed E-state index contributed by atoms with van der Waals surface area (Å²) >= 11 is 0. The van der Waals surface area contributed by atoms with Crippen molar-refractivity contribution in [1.82, 2.24) is 0 Å². The molecular formula is C25H35N3O7. The number of rotatable bonds is 14. The lowest BCUT2D eigenvalue weighted by atomic mass is 10.00. The number of hydrazone groups is 1. The van der Waals surface area contributed by atoms with Crippen molar-refractivity contribution in [1.29, 1.82) is 0 Å². The van der Waals surface area contributed by atoms with Gasteiger partial charge in [-0.25, -0.2) is 10.6 Å².